The minimum Gasteiger partial charge on any atom is -0.480 e. The third-order valence-electron chi connectivity index (χ3n) is 3.51. The number of nitrogens with one attached hydrogen (secondary N) is 1. The van der Waals surface area contributed by atoms with Gasteiger partial charge in [-0.05, 0) is 12.8 Å². The van der Waals surface area contributed by atoms with Crippen molar-refractivity contribution < 1.29 is 27.9 Å². The molecule has 2 aliphatic rings. The van der Waals surface area contributed by atoms with Crippen molar-refractivity contribution in [3.05, 3.63) is 0 Å². The lowest BCUT2D eigenvalue weighted by atomic mass is 10.1. The average molecular weight is 277 g/mol. The Labute approximate surface area is 104 Å². The molecule has 1 heterocycles. The van der Waals surface area contributed by atoms with Crippen LogP contribution in [0, 0.1) is 5.41 Å². The monoisotopic (exact) mass is 277 g/mol. The van der Waals surface area contributed by atoms with Crippen molar-refractivity contribution in [3.8, 4) is 0 Å². The fourth-order valence-corrected chi connectivity index (χ4v) is 4.00. The summed E-state index contributed by atoms with van der Waals surface area (Å²) in [7, 11) is -1.87. The summed E-state index contributed by atoms with van der Waals surface area (Å²) in [5, 5.41) is 11.5. The summed E-state index contributed by atoms with van der Waals surface area (Å²) in [6.07, 6.45) is -0.0140. The van der Waals surface area contributed by atoms with Gasteiger partial charge in [0.25, 0.3) is 0 Å². The molecule has 0 spiro atoms. The maximum absolute atomic E-state index is 11.9. The molecular formula is C10H15NO6S. The number of hydrogen-bond acceptors (Lipinski definition) is 5. The second-order valence-electron chi connectivity index (χ2n) is 4.82. The molecule has 8 heteroatoms. The van der Waals surface area contributed by atoms with E-state index >= 15 is 0 Å². The maximum atomic E-state index is 11.9. The highest BCUT2D eigenvalue weighted by Gasteiger charge is 2.58. The van der Waals surface area contributed by atoms with Gasteiger partial charge in [-0.2, -0.15) is 0 Å². The van der Waals surface area contributed by atoms with Crippen LogP contribution in [0.1, 0.15) is 12.8 Å². The topological polar surface area (TPSA) is 110 Å². The van der Waals surface area contributed by atoms with Crippen LogP contribution in [0.4, 0.5) is 0 Å². The molecule has 1 amide bonds. The summed E-state index contributed by atoms with van der Waals surface area (Å²) in [4.78, 5) is 22.8. The smallest absolute Gasteiger partial charge is 0.319 e. The number of carboxylic acid groups (broad SMARTS) is 1. The lowest BCUT2D eigenvalue weighted by Crippen LogP contribution is -2.48. The number of ether oxygens (including phenoxy) is 1. The van der Waals surface area contributed by atoms with Crippen molar-refractivity contribution in [1.82, 2.24) is 5.32 Å². The highest BCUT2D eigenvalue weighted by molar-refractivity contribution is 7.91. The van der Waals surface area contributed by atoms with Crippen LogP contribution in [0.15, 0.2) is 0 Å². The fourth-order valence-electron chi connectivity index (χ4n) is 2.15. The van der Waals surface area contributed by atoms with Crippen LogP contribution < -0.4 is 5.32 Å². The Hall–Kier alpha value is -1.15. The van der Waals surface area contributed by atoms with Crippen molar-refractivity contribution in [3.63, 3.8) is 0 Å². The zero-order valence-electron chi connectivity index (χ0n) is 9.88. The molecule has 0 bridgehead atoms. The number of sulfone groups is 1. The van der Waals surface area contributed by atoms with Crippen molar-refractivity contribution in [2.24, 2.45) is 5.41 Å². The first kappa shape index (κ1) is 13.3. The van der Waals surface area contributed by atoms with E-state index < -0.39 is 39.3 Å². The van der Waals surface area contributed by atoms with E-state index in [0.29, 0.717) is 12.8 Å². The van der Waals surface area contributed by atoms with Gasteiger partial charge >= 0.3 is 5.97 Å². The highest BCUT2D eigenvalue weighted by Crippen LogP contribution is 2.46. The summed E-state index contributed by atoms with van der Waals surface area (Å²) in [6.45, 7) is 0. The number of hydrogen-bond donors (Lipinski definition) is 2. The van der Waals surface area contributed by atoms with Crippen LogP contribution in [0.2, 0.25) is 0 Å². The number of aliphatic carboxylic acids is 1. The molecule has 1 aliphatic carbocycles. The molecule has 18 heavy (non-hydrogen) atoms. The van der Waals surface area contributed by atoms with E-state index in [9.17, 15) is 18.0 Å². The summed E-state index contributed by atoms with van der Waals surface area (Å²) in [5.41, 5.74) is -1.36. The van der Waals surface area contributed by atoms with Gasteiger partial charge in [-0.25, -0.2) is 8.42 Å². The minimum absolute atomic E-state index is 0.144. The Morgan fingerprint density at radius 3 is 2.39 bits per heavy atom. The summed E-state index contributed by atoms with van der Waals surface area (Å²) >= 11 is 0. The maximum Gasteiger partial charge on any atom is 0.319 e. The van der Waals surface area contributed by atoms with Crippen molar-refractivity contribution in [1.29, 1.82) is 0 Å². The Bertz CT molecular complexity index is 481. The molecule has 7 nitrogen and oxygen atoms in total. The van der Waals surface area contributed by atoms with Gasteiger partial charge in [0.2, 0.25) is 5.91 Å². The second kappa shape index (κ2) is 4.20. The first-order valence-corrected chi connectivity index (χ1v) is 7.40. The van der Waals surface area contributed by atoms with E-state index in [1.807, 2.05) is 0 Å². The number of carbonyl (C=O) groups excluding carboxylic acids is 1. The molecule has 1 saturated heterocycles. The van der Waals surface area contributed by atoms with Crippen molar-refractivity contribution in [2.45, 2.75) is 25.0 Å². The molecule has 1 saturated carbocycles. The molecule has 2 unspecified atom stereocenters. The number of carboxylic acids is 1. The average Bonchev–Trinajstić information content (AvgIpc) is 3.01. The number of amides is 1. The molecular weight excluding hydrogens is 262 g/mol. The molecule has 0 aromatic carbocycles. The summed E-state index contributed by atoms with van der Waals surface area (Å²) in [5.74, 6) is -2.12. The fraction of sp³-hybridized carbons (Fsp3) is 0.800. The Morgan fingerprint density at radius 2 is 1.94 bits per heavy atom. The van der Waals surface area contributed by atoms with Crippen LogP contribution in [-0.2, 0) is 24.2 Å². The van der Waals surface area contributed by atoms with E-state index in [-0.39, 0.29) is 11.5 Å². The molecule has 2 rings (SSSR count). The van der Waals surface area contributed by atoms with Crippen LogP contribution in [0.25, 0.3) is 0 Å². The molecule has 2 N–H and O–H groups in total. The van der Waals surface area contributed by atoms with Crippen LogP contribution >= 0.6 is 0 Å². The molecule has 102 valence electrons. The first-order valence-electron chi connectivity index (χ1n) is 5.58. The Balaban J connectivity index is 2.06. The van der Waals surface area contributed by atoms with Crippen molar-refractivity contribution >= 4 is 21.7 Å². The second-order valence-corrected chi connectivity index (χ2v) is 6.97. The van der Waals surface area contributed by atoms with Gasteiger partial charge in [0.05, 0.1) is 23.7 Å². The van der Waals surface area contributed by atoms with E-state index in [2.05, 4.69) is 5.32 Å². The SMILES string of the molecule is COC1CS(=O)(=O)CC1NC(=O)C1(C(=O)O)CC1. The molecule has 0 aromatic heterocycles. The van der Waals surface area contributed by atoms with Gasteiger partial charge < -0.3 is 15.2 Å². The van der Waals surface area contributed by atoms with Crippen LogP contribution in [-0.4, -0.2) is 56.2 Å². The van der Waals surface area contributed by atoms with E-state index in [4.69, 9.17) is 9.84 Å². The van der Waals surface area contributed by atoms with Gasteiger partial charge in [-0.1, -0.05) is 0 Å². The number of carbonyl (C=O) groups is 2. The van der Waals surface area contributed by atoms with E-state index in [1.165, 1.54) is 7.11 Å². The standard InChI is InChI=1S/C10H15NO6S/c1-17-7-5-18(15,16)4-6(7)11-8(12)10(2-3-10)9(13)14/h6-7H,2-5H2,1H3,(H,11,12)(H,13,14). The van der Waals surface area contributed by atoms with Crippen LogP contribution in [0.5, 0.6) is 0 Å². The van der Waals surface area contributed by atoms with E-state index in [1.54, 1.807) is 0 Å². The number of methoxy groups -OCH3 is 1. The largest absolute Gasteiger partial charge is 0.480 e. The molecule has 2 atom stereocenters. The first-order chi connectivity index (χ1) is 8.31. The highest BCUT2D eigenvalue weighted by atomic mass is 32.2. The van der Waals surface area contributed by atoms with Gasteiger partial charge in [0, 0.05) is 7.11 Å². The molecule has 0 radical (unpaired) electrons. The van der Waals surface area contributed by atoms with Crippen molar-refractivity contribution in [2.75, 3.05) is 18.6 Å². The Morgan fingerprint density at radius 1 is 1.33 bits per heavy atom. The summed E-state index contributed by atoms with van der Waals surface area (Å²) < 4.78 is 27.9. The quantitative estimate of drug-likeness (QED) is 0.623. The number of rotatable bonds is 4. The minimum atomic E-state index is -3.23. The molecule has 2 fully saturated rings. The van der Waals surface area contributed by atoms with E-state index in [0.717, 1.165) is 0 Å². The van der Waals surface area contributed by atoms with Crippen LogP contribution in [0.3, 0.4) is 0 Å². The lowest BCUT2D eigenvalue weighted by Gasteiger charge is -2.20. The van der Waals surface area contributed by atoms with Gasteiger partial charge in [0.1, 0.15) is 5.41 Å². The third kappa shape index (κ3) is 2.22. The lowest BCUT2D eigenvalue weighted by molar-refractivity contribution is -0.149. The molecule has 0 aromatic rings. The molecule has 1 aliphatic heterocycles. The Kier molecular flexibility index (Phi) is 3.10. The van der Waals surface area contributed by atoms with Gasteiger partial charge in [-0.3, -0.25) is 9.59 Å². The predicted octanol–water partition coefficient (Wildman–Crippen LogP) is -1.22. The van der Waals surface area contributed by atoms with Gasteiger partial charge in [-0.15, -0.1) is 0 Å². The predicted molar refractivity (Wildman–Crippen MR) is 60.7 cm³/mol. The zero-order chi connectivity index (χ0) is 13.6. The summed E-state index contributed by atoms with van der Waals surface area (Å²) in [6, 6.07) is -0.663. The third-order valence-corrected chi connectivity index (χ3v) is 5.22. The normalized spacial score (nSPS) is 31.8. The zero-order valence-corrected chi connectivity index (χ0v) is 10.7. The van der Waals surface area contributed by atoms with Gasteiger partial charge in [0.15, 0.2) is 9.84 Å².